The lowest BCUT2D eigenvalue weighted by Gasteiger charge is -2.04. The highest BCUT2D eigenvalue weighted by Gasteiger charge is 2.34. The molecule has 0 amide bonds. The molecule has 1 aliphatic heterocycles. The summed E-state index contributed by atoms with van der Waals surface area (Å²) in [5.74, 6) is -2.45. The van der Waals surface area contributed by atoms with Gasteiger partial charge in [-0.15, -0.1) is 0 Å². The van der Waals surface area contributed by atoms with Gasteiger partial charge in [-0.3, -0.25) is 9.59 Å². The van der Waals surface area contributed by atoms with Crippen molar-refractivity contribution >= 4 is 24.0 Å². The van der Waals surface area contributed by atoms with Crippen LogP contribution in [-0.4, -0.2) is 24.5 Å². The fourth-order valence-corrected chi connectivity index (χ4v) is 1.61. The summed E-state index contributed by atoms with van der Waals surface area (Å²) in [6.45, 7) is -0.136. The Hall–Kier alpha value is -2.43. The van der Waals surface area contributed by atoms with Crippen LogP contribution in [0.25, 0.3) is 6.08 Å². The van der Waals surface area contributed by atoms with Gasteiger partial charge in [-0.25, -0.2) is 4.79 Å². The van der Waals surface area contributed by atoms with Crippen LogP contribution in [0.1, 0.15) is 12.0 Å². The van der Waals surface area contributed by atoms with Gasteiger partial charge in [-0.05, 0) is 11.6 Å². The molecule has 5 heteroatoms. The molecule has 1 aromatic rings. The largest absolute Gasteiger partial charge is 0.462 e. The average Bonchev–Trinajstić information content (AvgIpc) is 2.73. The molecule has 0 radical (unpaired) electrons. The standard InChI is InChI=1S/C14H12O5/c15-12(7-6-10-4-2-1-3-5-10)18-9-11-8-13(16)19-14(11)17/h1-7,11H,8-9H2/b7-6+. The van der Waals surface area contributed by atoms with Crippen molar-refractivity contribution < 1.29 is 23.9 Å². The first kappa shape index (κ1) is 13.0. The summed E-state index contributed by atoms with van der Waals surface area (Å²) in [4.78, 5) is 33.4. The smallest absolute Gasteiger partial charge is 0.330 e. The Morgan fingerprint density at radius 2 is 2.05 bits per heavy atom. The van der Waals surface area contributed by atoms with E-state index in [2.05, 4.69) is 4.74 Å². The maximum absolute atomic E-state index is 11.4. The van der Waals surface area contributed by atoms with Crippen LogP contribution in [0.5, 0.6) is 0 Å². The monoisotopic (exact) mass is 260 g/mol. The summed E-state index contributed by atoms with van der Waals surface area (Å²) >= 11 is 0. The molecule has 0 spiro atoms. The summed E-state index contributed by atoms with van der Waals surface area (Å²) in [5, 5.41) is 0. The molecule has 19 heavy (non-hydrogen) atoms. The zero-order chi connectivity index (χ0) is 13.7. The van der Waals surface area contributed by atoms with E-state index in [9.17, 15) is 14.4 Å². The fourth-order valence-electron chi connectivity index (χ4n) is 1.61. The molecule has 5 nitrogen and oxygen atoms in total. The van der Waals surface area contributed by atoms with Gasteiger partial charge in [0.05, 0.1) is 6.42 Å². The van der Waals surface area contributed by atoms with Crippen LogP contribution in [0.4, 0.5) is 0 Å². The number of esters is 3. The molecular formula is C14H12O5. The molecule has 1 heterocycles. The van der Waals surface area contributed by atoms with Crippen molar-refractivity contribution in [1.29, 1.82) is 0 Å². The lowest BCUT2D eigenvalue weighted by Crippen LogP contribution is -2.16. The normalized spacial score (nSPS) is 18.6. The second-order valence-corrected chi connectivity index (χ2v) is 4.07. The van der Waals surface area contributed by atoms with E-state index in [1.54, 1.807) is 6.08 Å². The van der Waals surface area contributed by atoms with Crippen LogP contribution < -0.4 is 0 Å². The Balaban J connectivity index is 1.81. The first-order valence-corrected chi connectivity index (χ1v) is 5.79. The molecule has 1 aliphatic rings. The predicted molar refractivity (Wildman–Crippen MR) is 65.6 cm³/mol. The van der Waals surface area contributed by atoms with Crippen molar-refractivity contribution in [3.05, 3.63) is 42.0 Å². The summed E-state index contributed by atoms with van der Waals surface area (Å²) in [5.41, 5.74) is 0.870. The third-order valence-electron chi connectivity index (χ3n) is 2.60. The summed E-state index contributed by atoms with van der Waals surface area (Å²) in [6, 6.07) is 9.27. The molecule has 0 saturated carbocycles. The number of cyclic esters (lactones) is 2. The summed E-state index contributed by atoms with van der Waals surface area (Å²) < 4.78 is 9.24. The Kier molecular flexibility index (Phi) is 4.07. The number of benzene rings is 1. The maximum atomic E-state index is 11.4. The third kappa shape index (κ3) is 3.77. The van der Waals surface area contributed by atoms with E-state index in [0.717, 1.165) is 5.56 Å². The highest BCUT2D eigenvalue weighted by Crippen LogP contribution is 2.16. The minimum Gasteiger partial charge on any atom is -0.462 e. The van der Waals surface area contributed by atoms with Crippen molar-refractivity contribution in [1.82, 2.24) is 0 Å². The number of carbonyl (C=O) groups is 3. The van der Waals surface area contributed by atoms with Gasteiger partial charge in [0.1, 0.15) is 12.5 Å². The van der Waals surface area contributed by atoms with Gasteiger partial charge in [-0.2, -0.15) is 0 Å². The van der Waals surface area contributed by atoms with Gasteiger partial charge < -0.3 is 9.47 Å². The molecule has 1 unspecified atom stereocenters. The average molecular weight is 260 g/mol. The second-order valence-electron chi connectivity index (χ2n) is 4.07. The number of hydrogen-bond acceptors (Lipinski definition) is 5. The lowest BCUT2D eigenvalue weighted by molar-refractivity contribution is -0.153. The van der Waals surface area contributed by atoms with E-state index < -0.39 is 23.8 Å². The first-order chi connectivity index (χ1) is 9.15. The molecule has 1 fully saturated rings. The number of rotatable bonds is 4. The molecule has 2 rings (SSSR count). The van der Waals surface area contributed by atoms with Crippen LogP contribution in [0, 0.1) is 5.92 Å². The van der Waals surface area contributed by atoms with Crippen LogP contribution in [0.3, 0.4) is 0 Å². The highest BCUT2D eigenvalue weighted by molar-refractivity contribution is 5.95. The maximum Gasteiger partial charge on any atom is 0.330 e. The second kappa shape index (κ2) is 5.95. The fraction of sp³-hybridized carbons (Fsp3) is 0.214. The van der Waals surface area contributed by atoms with Gasteiger partial charge in [0.15, 0.2) is 0 Å². The third-order valence-corrected chi connectivity index (χ3v) is 2.60. The first-order valence-electron chi connectivity index (χ1n) is 5.79. The van der Waals surface area contributed by atoms with E-state index in [0.29, 0.717) is 0 Å². The quantitative estimate of drug-likeness (QED) is 0.464. The summed E-state index contributed by atoms with van der Waals surface area (Å²) in [6.07, 6.45) is 2.85. The van der Waals surface area contributed by atoms with Crippen molar-refractivity contribution in [2.24, 2.45) is 5.92 Å². The Bertz CT molecular complexity index is 518. The van der Waals surface area contributed by atoms with Crippen molar-refractivity contribution in [2.45, 2.75) is 6.42 Å². The molecular weight excluding hydrogens is 248 g/mol. The van der Waals surface area contributed by atoms with Gasteiger partial charge in [0.25, 0.3) is 0 Å². The molecule has 0 N–H and O–H groups in total. The van der Waals surface area contributed by atoms with Gasteiger partial charge >= 0.3 is 17.9 Å². The van der Waals surface area contributed by atoms with Gasteiger partial charge in [0, 0.05) is 6.08 Å². The Labute approximate surface area is 109 Å². The van der Waals surface area contributed by atoms with Crippen molar-refractivity contribution in [2.75, 3.05) is 6.61 Å². The van der Waals surface area contributed by atoms with Crippen LogP contribution in [0.15, 0.2) is 36.4 Å². The molecule has 0 bridgehead atoms. The zero-order valence-corrected chi connectivity index (χ0v) is 10.1. The number of carbonyl (C=O) groups excluding carboxylic acids is 3. The molecule has 98 valence electrons. The minimum absolute atomic E-state index is 0.0332. The van der Waals surface area contributed by atoms with E-state index in [1.165, 1.54) is 6.08 Å². The molecule has 0 aromatic heterocycles. The van der Waals surface area contributed by atoms with Crippen LogP contribution in [0.2, 0.25) is 0 Å². The van der Waals surface area contributed by atoms with E-state index in [4.69, 9.17) is 4.74 Å². The Morgan fingerprint density at radius 1 is 1.32 bits per heavy atom. The highest BCUT2D eigenvalue weighted by atomic mass is 16.6. The van der Waals surface area contributed by atoms with Crippen LogP contribution in [-0.2, 0) is 23.9 Å². The van der Waals surface area contributed by atoms with E-state index in [-0.39, 0.29) is 13.0 Å². The Morgan fingerprint density at radius 3 is 2.68 bits per heavy atom. The number of ether oxygens (including phenoxy) is 2. The molecule has 1 atom stereocenters. The topological polar surface area (TPSA) is 69.7 Å². The van der Waals surface area contributed by atoms with Crippen molar-refractivity contribution in [3.8, 4) is 0 Å². The van der Waals surface area contributed by atoms with Crippen molar-refractivity contribution in [3.63, 3.8) is 0 Å². The van der Waals surface area contributed by atoms with Gasteiger partial charge in [0.2, 0.25) is 0 Å². The van der Waals surface area contributed by atoms with Crippen LogP contribution >= 0.6 is 0 Å². The molecule has 1 saturated heterocycles. The van der Waals surface area contributed by atoms with E-state index in [1.807, 2.05) is 30.3 Å². The van der Waals surface area contributed by atoms with Gasteiger partial charge in [-0.1, -0.05) is 30.3 Å². The minimum atomic E-state index is -0.679. The zero-order valence-electron chi connectivity index (χ0n) is 10.1. The number of hydrogen-bond donors (Lipinski definition) is 0. The summed E-state index contributed by atoms with van der Waals surface area (Å²) in [7, 11) is 0. The molecule has 1 aromatic carbocycles. The van der Waals surface area contributed by atoms with E-state index >= 15 is 0 Å². The molecule has 0 aliphatic carbocycles. The SMILES string of the molecule is O=C(/C=C/c1ccccc1)OCC1CC(=O)OC1=O. The predicted octanol–water partition coefficient (Wildman–Crippen LogP) is 1.33. The lowest BCUT2D eigenvalue weighted by atomic mass is 10.1.